The first-order chi connectivity index (χ1) is 4.47. The van der Waals surface area contributed by atoms with E-state index < -0.39 is 0 Å². The number of hydrazine groups is 2. The molecule has 9 heavy (non-hydrogen) atoms. The van der Waals surface area contributed by atoms with Crippen LogP contribution in [0.5, 0.6) is 0 Å². The lowest BCUT2D eigenvalue weighted by molar-refractivity contribution is 0.596. The van der Waals surface area contributed by atoms with Gasteiger partial charge in [0.05, 0.1) is 17.8 Å². The van der Waals surface area contributed by atoms with Crippen LogP contribution in [-0.2, 0) is 0 Å². The molecule has 0 spiro atoms. The van der Waals surface area contributed by atoms with Crippen molar-refractivity contribution in [1.29, 1.82) is 0 Å². The quantitative estimate of drug-likeness (QED) is 0.404. The van der Waals surface area contributed by atoms with Crippen molar-refractivity contribution in [3.05, 3.63) is 36.4 Å². The van der Waals surface area contributed by atoms with Gasteiger partial charge in [-0.1, -0.05) is 6.08 Å². The molecule has 1 heterocycles. The summed E-state index contributed by atoms with van der Waals surface area (Å²) in [4.78, 5) is 0. The third-order valence-electron chi connectivity index (χ3n) is 1.18. The minimum Gasteiger partial charge on any atom is -0.305 e. The van der Waals surface area contributed by atoms with Crippen molar-refractivity contribution in [2.75, 3.05) is 0 Å². The zero-order valence-corrected chi connectivity index (χ0v) is 4.65. The van der Waals surface area contributed by atoms with Gasteiger partial charge in [-0.2, -0.15) is 5.53 Å². The maximum Gasteiger partial charge on any atom is 0.0712 e. The van der Waals surface area contributed by atoms with Gasteiger partial charge in [-0.05, 0) is 6.08 Å². The second kappa shape index (κ2) is 1.77. The normalized spacial score (nSPS) is 23.1. The molecule has 0 saturated carbocycles. The van der Waals surface area contributed by atoms with E-state index in [9.17, 15) is 0 Å². The second-order valence-electron chi connectivity index (χ2n) is 1.77. The standard InChI is InChI=1S/C6H5N3/c1-2-4-6-5(3-1)7-9-8-6/h1,3,7-9H. The van der Waals surface area contributed by atoms with E-state index in [1.807, 2.05) is 6.08 Å². The fourth-order valence-corrected chi connectivity index (χ4v) is 0.753. The Morgan fingerprint density at radius 2 is 2.33 bits per heavy atom. The van der Waals surface area contributed by atoms with Crippen molar-refractivity contribution in [1.82, 2.24) is 16.4 Å². The molecule has 2 rings (SSSR count). The van der Waals surface area contributed by atoms with Crippen molar-refractivity contribution in [3.8, 4) is 0 Å². The number of nitrogens with one attached hydrogen (secondary N) is 3. The lowest BCUT2D eigenvalue weighted by atomic mass is 10.1. The summed E-state index contributed by atoms with van der Waals surface area (Å²) in [6.07, 6.45) is 9.43. The molecule has 0 unspecified atom stereocenters. The maximum absolute atomic E-state index is 2.89. The Bertz CT molecular complexity index is 181. The maximum atomic E-state index is 2.89. The van der Waals surface area contributed by atoms with Crippen LogP contribution in [-0.4, -0.2) is 0 Å². The highest BCUT2D eigenvalue weighted by molar-refractivity contribution is 5.39. The van der Waals surface area contributed by atoms with E-state index in [0.717, 1.165) is 11.4 Å². The first kappa shape index (κ1) is 4.88. The highest BCUT2D eigenvalue weighted by atomic mass is 15.6. The Morgan fingerprint density at radius 3 is 3.22 bits per heavy atom. The molecule has 0 bridgehead atoms. The van der Waals surface area contributed by atoms with Crippen LogP contribution in [0.2, 0.25) is 0 Å². The average molecular weight is 119 g/mol. The lowest BCUT2D eigenvalue weighted by Crippen LogP contribution is -2.32. The van der Waals surface area contributed by atoms with Gasteiger partial charge in [0.15, 0.2) is 0 Å². The molecule has 44 valence electrons. The van der Waals surface area contributed by atoms with Crippen LogP contribution in [0.3, 0.4) is 0 Å². The summed E-state index contributed by atoms with van der Waals surface area (Å²) in [7, 11) is 0. The lowest BCUT2D eigenvalue weighted by Gasteiger charge is -2.01. The zero-order chi connectivity index (χ0) is 6.10. The summed E-state index contributed by atoms with van der Waals surface area (Å²) in [5.74, 6) is 0. The molecule has 1 aliphatic carbocycles. The third-order valence-corrected chi connectivity index (χ3v) is 1.18. The summed E-state index contributed by atoms with van der Waals surface area (Å²) >= 11 is 0. The largest absolute Gasteiger partial charge is 0.305 e. The van der Waals surface area contributed by atoms with Crippen LogP contribution < -0.4 is 16.4 Å². The molecule has 3 nitrogen and oxygen atoms in total. The van der Waals surface area contributed by atoms with Crippen LogP contribution in [0.25, 0.3) is 0 Å². The number of hydrogen-bond acceptors (Lipinski definition) is 3. The van der Waals surface area contributed by atoms with Crippen molar-refractivity contribution in [2.24, 2.45) is 0 Å². The molecule has 0 aromatic heterocycles. The molecule has 0 aromatic rings. The summed E-state index contributed by atoms with van der Waals surface area (Å²) in [6, 6.07) is 0. The molecule has 0 aromatic carbocycles. The molecule has 0 fully saturated rings. The number of rotatable bonds is 0. The Morgan fingerprint density at radius 1 is 1.33 bits per heavy atom. The first-order valence-electron chi connectivity index (χ1n) is 2.66. The molecule has 0 amide bonds. The average Bonchev–Trinajstić information content (AvgIpc) is 2.33. The van der Waals surface area contributed by atoms with Crippen LogP contribution in [0.15, 0.2) is 23.5 Å². The van der Waals surface area contributed by atoms with Gasteiger partial charge in [0.25, 0.3) is 0 Å². The van der Waals surface area contributed by atoms with Gasteiger partial charge < -0.3 is 10.9 Å². The van der Waals surface area contributed by atoms with Gasteiger partial charge in [-0.3, -0.25) is 0 Å². The predicted octanol–water partition coefficient (Wildman–Crippen LogP) is -0.457. The van der Waals surface area contributed by atoms with Crippen molar-refractivity contribution < 1.29 is 0 Å². The van der Waals surface area contributed by atoms with E-state index >= 15 is 0 Å². The van der Waals surface area contributed by atoms with Gasteiger partial charge in [0.2, 0.25) is 0 Å². The fourth-order valence-electron chi connectivity index (χ4n) is 0.753. The smallest absolute Gasteiger partial charge is 0.0712 e. The SMILES string of the molecule is [C]1[C]C2=C(C=C1)NNN2. The number of allylic oxidation sites excluding steroid dienone is 3. The van der Waals surface area contributed by atoms with Gasteiger partial charge in [-0.15, -0.1) is 0 Å². The monoisotopic (exact) mass is 119 g/mol. The Balaban J connectivity index is 2.28. The first-order valence-corrected chi connectivity index (χ1v) is 2.66. The van der Waals surface area contributed by atoms with E-state index in [0.29, 0.717) is 0 Å². The van der Waals surface area contributed by atoms with E-state index in [1.54, 1.807) is 6.08 Å². The van der Waals surface area contributed by atoms with Crippen LogP contribution in [0, 0.1) is 12.8 Å². The minimum atomic E-state index is 0.914. The van der Waals surface area contributed by atoms with Crippen molar-refractivity contribution in [3.63, 3.8) is 0 Å². The molecule has 0 atom stereocenters. The van der Waals surface area contributed by atoms with E-state index in [4.69, 9.17) is 0 Å². The van der Waals surface area contributed by atoms with Crippen LogP contribution >= 0.6 is 0 Å². The van der Waals surface area contributed by atoms with E-state index in [2.05, 4.69) is 29.2 Å². The van der Waals surface area contributed by atoms with E-state index in [1.165, 1.54) is 0 Å². The molecule has 3 heteroatoms. The molecular formula is C6H5N3. The number of hydrogen-bond donors (Lipinski definition) is 3. The molecular weight excluding hydrogens is 114 g/mol. The van der Waals surface area contributed by atoms with Crippen molar-refractivity contribution in [2.45, 2.75) is 0 Å². The fraction of sp³-hybridized carbons (Fsp3) is 0. The summed E-state index contributed by atoms with van der Waals surface area (Å²) in [5, 5.41) is 0. The van der Waals surface area contributed by atoms with Gasteiger partial charge in [0.1, 0.15) is 0 Å². The second-order valence-corrected chi connectivity index (χ2v) is 1.77. The molecule has 1 aliphatic heterocycles. The predicted molar refractivity (Wildman–Crippen MR) is 32.1 cm³/mol. The molecule has 0 saturated heterocycles. The van der Waals surface area contributed by atoms with Crippen LogP contribution in [0.1, 0.15) is 0 Å². The highest BCUT2D eigenvalue weighted by Gasteiger charge is 2.12. The zero-order valence-electron chi connectivity index (χ0n) is 4.65. The molecule has 4 radical (unpaired) electrons. The van der Waals surface area contributed by atoms with Crippen LogP contribution in [0.4, 0.5) is 0 Å². The molecule has 2 aliphatic rings. The van der Waals surface area contributed by atoms with E-state index in [-0.39, 0.29) is 0 Å². The van der Waals surface area contributed by atoms with Crippen molar-refractivity contribution >= 4 is 0 Å². The molecule has 3 N–H and O–H groups in total. The minimum absolute atomic E-state index is 0.914. The summed E-state index contributed by atoms with van der Waals surface area (Å²) in [6.45, 7) is 0. The Labute approximate surface area is 53.8 Å². The van der Waals surface area contributed by atoms with Gasteiger partial charge in [-0.25, -0.2) is 0 Å². The Kier molecular flexibility index (Phi) is 0.960. The van der Waals surface area contributed by atoms with Gasteiger partial charge >= 0.3 is 0 Å². The van der Waals surface area contributed by atoms with Gasteiger partial charge in [0, 0.05) is 6.42 Å². The summed E-state index contributed by atoms with van der Waals surface area (Å²) in [5.41, 5.74) is 10.4. The highest BCUT2D eigenvalue weighted by Crippen LogP contribution is 2.13. The Hall–Kier alpha value is -0.960. The topological polar surface area (TPSA) is 36.1 Å². The summed E-state index contributed by atoms with van der Waals surface area (Å²) < 4.78 is 0. The third kappa shape index (κ3) is 0.695.